The third-order valence-corrected chi connectivity index (χ3v) is 2.39. The molecule has 0 fully saturated rings. The van der Waals surface area contributed by atoms with Crippen molar-refractivity contribution in [1.29, 1.82) is 0 Å². The van der Waals surface area contributed by atoms with Crippen LogP contribution in [0.3, 0.4) is 0 Å². The molecule has 4 nitrogen and oxygen atoms in total. The Balaban J connectivity index is 2.58. The molecule has 0 bridgehead atoms. The van der Waals surface area contributed by atoms with Gasteiger partial charge in [0.05, 0.1) is 6.61 Å². The Morgan fingerprint density at radius 1 is 1.28 bits per heavy atom. The van der Waals surface area contributed by atoms with Gasteiger partial charge in [0.15, 0.2) is 12.4 Å². The molecule has 0 unspecified atom stereocenters. The van der Waals surface area contributed by atoms with Gasteiger partial charge in [0.2, 0.25) is 0 Å². The van der Waals surface area contributed by atoms with E-state index in [4.69, 9.17) is 9.47 Å². The van der Waals surface area contributed by atoms with Crippen LogP contribution in [-0.2, 0) is 9.53 Å². The summed E-state index contributed by atoms with van der Waals surface area (Å²) >= 11 is 0. The lowest BCUT2D eigenvalue weighted by atomic mass is 10.1. The van der Waals surface area contributed by atoms with Crippen LogP contribution in [0, 0.1) is 6.92 Å². The molecule has 0 aliphatic carbocycles. The topological polar surface area (TPSA) is 52.6 Å². The highest BCUT2D eigenvalue weighted by Gasteiger charge is 2.07. The average Bonchev–Trinajstić information content (AvgIpc) is 2.34. The number of hydrogen-bond donors (Lipinski definition) is 0. The van der Waals surface area contributed by atoms with Gasteiger partial charge in [-0.25, -0.2) is 4.79 Å². The van der Waals surface area contributed by atoms with Crippen molar-refractivity contribution in [3.8, 4) is 5.75 Å². The number of ketones is 1. The minimum Gasteiger partial charge on any atom is -0.482 e. The van der Waals surface area contributed by atoms with Gasteiger partial charge in [-0.15, -0.1) is 0 Å². The molecular weight excluding hydrogens is 232 g/mol. The van der Waals surface area contributed by atoms with Gasteiger partial charge >= 0.3 is 5.97 Å². The number of benzene rings is 1. The largest absolute Gasteiger partial charge is 0.482 e. The van der Waals surface area contributed by atoms with Crippen LogP contribution < -0.4 is 4.74 Å². The van der Waals surface area contributed by atoms with E-state index in [0.29, 0.717) is 17.9 Å². The van der Waals surface area contributed by atoms with E-state index in [-0.39, 0.29) is 18.4 Å². The number of esters is 1. The summed E-state index contributed by atoms with van der Waals surface area (Å²) < 4.78 is 10.2. The van der Waals surface area contributed by atoms with Crippen molar-refractivity contribution >= 4 is 11.8 Å². The molecule has 0 heterocycles. The maximum absolute atomic E-state index is 11.3. The predicted octanol–water partition coefficient (Wildman–Crippen LogP) is 2.53. The summed E-state index contributed by atoms with van der Waals surface area (Å²) in [5, 5.41) is 0. The molecule has 18 heavy (non-hydrogen) atoms. The van der Waals surface area contributed by atoms with E-state index in [1.807, 2.05) is 13.8 Å². The monoisotopic (exact) mass is 250 g/mol. The summed E-state index contributed by atoms with van der Waals surface area (Å²) in [6.07, 6.45) is 0.790. The van der Waals surface area contributed by atoms with Crippen molar-refractivity contribution in [2.24, 2.45) is 0 Å². The molecule has 0 radical (unpaired) electrons. The van der Waals surface area contributed by atoms with Crippen LogP contribution in [0.4, 0.5) is 0 Å². The van der Waals surface area contributed by atoms with E-state index in [0.717, 1.165) is 12.0 Å². The molecule has 0 saturated heterocycles. The molecule has 4 heteroatoms. The van der Waals surface area contributed by atoms with Gasteiger partial charge in [0, 0.05) is 5.56 Å². The molecule has 0 amide bonds. The molecule has 0 spiro atoms. The molecule has 0 aliphatic heterocycles. The number of carbonyl (C=O) groups excluding carboxylic acids is 2. The molecule has 0 saturated carbocycles. The molecule has 1 aromatic rings. The number of Topliss-reactive ketones (excluding diaryl/α,β-unsaturated/α-hetero) is 1. The fraction of sp³-hybridized carbons (Fsp3) is 0.429. The zero-order valence-electron chi connectivity index (χ0n) is 11.0. The lowest BCUT2D eigenvalue weighted by molar-refractivity contribution is -0.146. The second-order valence-electron chi connectivity index (χ2n) is 4.05. The van der Waals surface area contributed by atoms with Crippen molar-refractivity contribution in [2.45, 2.75) is 27.2 Å². The molecule has 0 aliphatic rings. The minimum absolute atomic E-state index is 0.00649. The highest BCUT2D eigenvalue weighted by Crippen LogP contribution is 2.19. The van der Waals surface area contributed by atoms with E-state index in [2.05, 4.69) is 0 Å². The van der Waals surface area contributed by atoms with E-state index in [1.165, 1.54) is 6.92 Å². The van der Waals surface area contributed by atoms with Crippen LogP contribution in [0.1, 0.15) is 36.2 Å². The zero-order chi connectivity index (χ0) is 13.5. The first-order valence-corrected chi connectivity index (χ1v) is 5.94. The van der Waals surface area contributed by atoms with Gasteiger partial charge in [-0.05, 0) is 44.0 Å². The summed E-state index contributed by atoms with van der Waals surface area (Å²) in [5.41, 5.74) is 1.46. The van der Waals surface area contributed by atoms with E-state index in [1.54, 1.807) is 18.2 Å². The third kappa shape index (κ3) is 4.20. The summed E-state index contributed by atoms with van der Waals surface area (Å²) in [6, 6.07) is 5.12. The average molecular weight is 250 g/mol. The molecule has 0 aromatic heterocycles. The summed E-state index contributed by atoms with van der Waals surface area (Å²) in [4.78, 5) is 22.4. The van der Waals surface area contributed by atoms with Crippen molar-refractivity contribution in [2.75, 3.05) is 13.2 Å². The quantitative estimate of drug-likeness (QED) is 0.575. The minimum atomic E-state index is -0.383. The van der Waals surface area contributed by atoms with Crippen molar-refractivity contribution in [3.05, 3.63) is 29.3 Å². The second kappa shape index (κ2) is 6.79. The fourth-order valence-electron chi connectivity index (χ4n) is 1.42. The SMILES string of the molecule is CCCOC(=O)COc1ccc(C(C)=O)cc1C. The summed E-state index contributed by atoms with van der Waals surface area (Å²) in [5.74, 6) is 0.215. The predicted molar refractivity (Wildman–Crippen MR) is 67.9 cm³/mol. The molecule has 1 rings (SSSR count). The Morgan fingerprint density at radius 3 is 2.56 bits per heavy atom. The smallest absolute Gasteiger partial charge is 0.344 e. The van der Waals surface area contributed by atoms with Gasteiger partial charge in [-0.2, -0.15) is 0 Å². The lowest BCUT2D eigenvalue weighted by Gasteiger charge is -2.09. The van der Waals surface area contributed by atoms with Crippen LogP contribution in [0.5, 0.6) is 5.75 Å². The van der Waals surface area contributed by atoms with E-state index < -0.39 is 0 Å². The van der Waals surface area contributed by atoms with Crippen LogP contribution >= 0.6 is 0 Å². The van der Waals surface area contributed by atoms with Crippen molar-refractivity contribution < 1.29 is 19.1 Å². The van der Waals surface area contributed by atoms with E-state index >= 15 is 0 Å². The molecular formula is C14H18O4. The van der Waals surface area contributed by atoms with Crippen molar-refractivity contribution in [1.82, 2.24) is 0 Å². The maximum atomic E-state index is 11.3. The van der Waals surface area contributed by atoms with E-state index in [9.17, 15) is 9.59 Å². The third-order valence-electron chi connectivity index (χ3n) is 2.39. The first-order chi connectivity index (χ1) is 8.54. The van der Waals surface area contributed by atoms with Crippen LogP contribution in [-0.4, -0.2) is 25.0 Å². The zero-order valence-corrected chi connectivity index (χ0v) is 11.0. The number of ether oxygens (including phenoxy) is 2. The Morgan fingerprint density at radius 2 is 2.00 bits per heavy atom. The lowest BCUT2D eigenvalue weighted by Crippen LogP contribution is -2.15. The first kappa shape index (κ1) is 14.2. The van der Waals surface area contributed by atoms with Crippen molar-refractivity contribution in [3.63, 3.8) is 0 Å². The standard InChI is InChI=1S/C14H18O4/c1-4-7-17-14(16)9-18-13-6-5-12(11(3)15)8-10(13)2/h5-6,8H,4,7,9H2,1-3H3. The summed E-state index contributed by atoms with van der Waals surface area (Å²) in [7, 11) is 0. The maximum Gasteiger partial charge on any atom is 0.344 e. The Bertz CT molecular complexity index is 437. The van der Waals surface area contributed by atoms with Gasteiger partial charge in [0.25, 0.3) is 0 Å². The van der Waals surface area contributed by atoms with Crippen LogP contribution in [0.2, 0.25) is 0 Å². The summed E-state index contributed by atoms with van der Waals surface area (Å²) in [6.45, 7) is 5.57. The normalized spacial score (nSPS) is 9.94. The molecule has 1 aromatic carbocycles. The molecule has 0 N–H and O–H groups in total. The number of carbonyl (C=O) groups is 2. The van der Waals surface area contributed by atoms with Crippen LogP contribution in [0.15, 0.2) is 18.2 Å². The Hall–Kier alpha value is -1.84. The fourth-order valence-corrected chi connectivity index (χ4v) is 1.42. The molecule has 98 valence electrons. The van der Waals surface area contributed by atoms with Gasteiger partial charge in [0.1, 0.15) is 5.75 Å². The van der Waals surface area contributed by atoms with Gasteiger partial charge in [-0.3, -0.25) is 4.79 Å². The number of hydrogen-bond acceptors (Lipinski definition) is 4. The Labute approximate surface area is 107 Å². The molecule has 0 atom stereocenters. The highest BCUT2D eigenvalue weighted by molar-refractivity contribution is 5.94. The first-order valence-electron chi connectivity index (χ1n) is 5.94. The van der Waals surface area contributed by atoms with Gasteiger partial charge < -0.3 is 9.47 Å². The Kier molecular flexibility index (Phi) is 5.36. The van der Waals surface area contributed by atoms with Crippen LogP contribution in [0.25, 0.3) is 0 Å². The number of aryl methyl sites for hydroxylation is 1. The number of rotatable bonds is 6. The highest BCUT2D eigenvalue weighted by atomic mass is 16.6. The second-order valence-corrected chi connectivity index (χ2v) is 4.05. The van der Waals surface area contributed by atoms with Gasteiger partial charge in [-0.1, -0.05) is 6.92 Å².